The highest BCUT2D eigenvalue weighted by Crippen LogP contribution is 2.21. The summed E-state index contributed by atoms with van der Waals surface area (Å²) in [7, 11) is -4.00. The van der Waals surface area contributed by atoms with Gasteiger partial charge in [-0.1, -0.05) is 46.7 Å². The molecule has 0 bridgehead atoms. The summed E-state index contributed by atoms with van der Waals surface area (Å²) in [6.45, 7) is 2.03. The highest BCUT2D eigenvalue weighted by molar-refractivity contribution is 9.10. The maximum absolute atomic E-state index is 12.7. The van der Waals surface area contributed by atoms with Gasteiger partial charge >= 0.3 is 0 Å². The Morgan fingerprint density at radius 1 is 1.20 bits per heavy atom. The first-order chi connectivity index (χ1) is 14.3. The number of anilines is 1. The minimum atomic E-state index is -4.00. The highest BCUT2D eigenvalue weighted by Gasteiger charge is 2.22. The lowest BCUT2D eigenvalue weighted by atomic mass is 10.1. The van der Waals surface area contributed by atoms with Crippen LogP contribution in [0.5, 0.6) is 0 Å². The van der Waals surface area contributed by atoms with E-state index in [1.54, 1.807) is 18.2 Å². The highest BCUT2D eigenvalue weighted by atomic mass is 79.9. The number of hydrogen-bond acceptors (Lipinski definition) is 6. The van der Waals surface area contributed by atoms with E-state index in [-0.39, 0.29) is 21.7 Å². The Labute approximate surface area is 186 Å². The number of benzene rings is 2. The van der Waals surface area contributed by atoms with Gasteiger partial charge in [0.2, 0.25) is 15.7 Å². The molecular weight excluding hydrogens is 490 g/mol. The average molecular weight is 508 g/mol. The van der Waals surface area contributed by atoms with Crippen LogP contribution in [0.25, 0.3) is 0 Å². The third-order valence-electron chi connectivity index (χ3n) is 4.12. The van der Waals surface area contributed by atoms with E-state index in [1.165, 1.54) is 12.1 Å². The van der Waals surface area contributed by atoms with E-state index in [1.807, 2.05) is 25.1 Å². The van der Waals surface area contributed by atoms with Crippen LogP contribution in [-0.4, -0.2) is 30.0 Å². The molecule has 0 fully saturated rings. The van der Waals surface area contributed by atoms with Gasteiger partial charge < -0.3 is 10.3 Å². The van der Waals surface area contributed by atoms with E-state index in [9.17, 15) is 18.0 Å². The van der Waals surface area contributed by atoms with E-state index < -0.39 is 20.3 Å². The van der Waals surface area contributed by atoms with Gasteiger partial charge in [0, 0.05) is 10.2 Å². The lowest BCUT2D eigenvalue weighted by molar-refractivity contribution is -0.113. The summed E-state index contributed by atoms with van der Waals surface area (Å²) in [5, 5.41) is 2.94. The Morgan fingerprint density at radius 3 is 2.60 bits per heavy atom. The predicted octanol–water partition coefficient (Wildman–Crippen LogP) is 3.66. The number of sulfone groups is 1. The average Bonchev–Trinajstić information content (AvgIpc) is 2.72. The second-order valence-corrected chi connectivity index (χ2v) is 10.0. The van der Waals surface area contributed by atoms with Crippen LogP contribution in [0.1, 0.15) is 12.5 Å². The summed E-state index contributed by atoms with van der Waals surface area (Å²) in [5.74, 6) is -0.250. The topological polar surface area (TPSA) is 109 Å². The molecular formula is C20H18BrN3O4S2. The van der Waals surface area contributed by atoms with Gasteiger partial charge in [-0.3, -0.25) is 9.59 Å². The summed E-state index contributed by atoms with van der Waals surface area (Å²) < 4.78 is 26.0. The molecule has 2 aromatic carbocycles. The number of carbonyl (C=O) groups excluding carboxylic acids is 1. The summed E-state index contributed by atoms with van der Waals surface area (Å²) in [5.41, 5.74) is 1.01. The number of amides is 1. The Morgan fingerprint density at radius 2 is 1.93 bits per heavy atom. The van der Waals surface area contributed by atoms with Gasteiger partial charge in [0.05, 0.1) is 16.8 Å². The molecule has 0 saturated carbocycles. The molecule has 0 aliphatic rings. The van der Waals surface area contributed by atoms with E-state index in [4.69, 9.17) is 0 Å². The van der Waals surface area contributed by atoms with Crippen LogP contribution < -0.4 is 10.9 Å². The van der Waals surface area contributed by atoms with Crippen molar-refractivity contribution >= 4 is 49.1 Å². The lowest BCUT2D eigenvalue weighted by Crippen LogP contribution is -2.20. The van der Waals surface area contributed by atoms with Crippen LogP contribution in [-0.2, 0) is 21.1 Å². The number of aromatic amines is 1. The molecule has 1 amide bonds. The molecule has 0 radical (unpaired) electrons. The fourth-order valence-corrected chi connectivity index (χ4v) is 4.70. The van der Waals surface area contributed by atoms with Crippen LogP contribution in [0.2, 0.25) is 0 Å². The van der Waals surface area contributed by atoms with Gasteiger partial charge in [0.15, 0.2) is 10.1 Å². The predicted molar refractivity (Wildman–Crippen MR) is 120 cm³/mol. The molecule has 1 aromatic heterocycles. The Bertz CT molecular complexity index is 1230. The number of H-pyrrole nitrogens is 1. The van der Waals surface area contributed by atoms with Crippen molar-refractivity contribution in [1.82, 2.24) is 9.97 Å². The summed E-state index contributed by atoms with van der Waals surface area (Å²) in [4.78, 5) is 30.5. The fourth-order valence-electron chi connectivity index (χ4n) is 2.57. The Balaban J connectivity index is 1.68. The van der Waals surface area contributed by atoms with Crippen LogP contribution in [0.15, 0.2) is 78.9 Å². The van der Waals surface area contributed by atoms with Crippen molar-refractivity contribution in [1.29, 1.82) is 0 Å². The molecule has 2 N–H and O–H groups in total. The number of nitrogens with zero attached hydrogens (tertiary/aromatic N) is 1. The van der Waals surface area contributed by atoms with Crippen molar-refractivity contribution in [3.8, 4) is 0 Å². The van der Waals surface area contributed by atoms with Crippen LogP contribution in [0.3, 0.4) is 0 Å². The number of hydrogen-bond donors (Lipinski definition) is 2. The SMILES string of the molecule is CCc1cccc(NC(=O)CSc2ncc(S(=O)(=O)c3ccc(Br)cc3)c(=O)[nH]2)c1. The number of nitrogens with one attached hydrogen (secondary N) is 2. The molecule has 10 heteroatoms. The molecule has 1 heterocycles. The second-order valence-electron chi connectivity index (χ2n) is 6.23. The third kappa shape index (κ3) is 5.38. The van der Waals surface area contributed by atoms with Gasteiger partial charge in [0.25, 0.3) is 5.56 Å². The first-order valence-corrected chi connectivity index (χ1v) is 12.2. The van der Waals surface area contributed by atoms with E-state index >= 15 is 0 Å². The van der Waals surface area contributed by atoms with Gasteiger partial charge in [-0.2, -0.15) is 0 Å². The van der Waals surface area contributed by atoms with E-state index in [0.717, 1.165) is 34.4 Å². The normalized spacial score (nSPS) is 11.3. The van der Waals surface area contributed by atoms with E-state index in [2.05, 4.69) is 31.2 Å². The number of thioether (sulfide) groups is 1. The number of carbonyl (C=O) groups is 1. The standard InChI is InChI=1S/C20H18BrN3O4S2/c1-2-13-4-3-5-15(10-13)23-18(25)12-29-20-22-11-17(19(26)24-20)30(27,28)16-8-6-14(21)7-9-16/h3-11H,2,12H2,1H3,(H,23,25)(H,22,24,26). The maximum atomic E-state index is 12.7. The summed E-state index contributed by atoms with van der Waals surface area (Å²) >= 11 is 4.25. The van der Waals surface area contributed by atoms with Crippen LogP contribution >= 0.6 is 27.7 Å². The maximum Gasteiger partial charge on any atom is 0.270 e. The van der Waals surface area contributed by atoms with Crippen LogP contribution in [0, 0.1) is 0 Å². The first-order valence-electron chi connectivity index (χ1n) is 8.91. The van der Waals surface area contributed by atoms with Crippen molar-refractivity contribution in [3.63, 3.8) is 0 Å². The van der Waals surface area contributed by atoms with Crippen molar-refractivity contribution < 1.29 is 13.2 Å². The molecule has 0 unspecified atom stereocenters. The lowest BCUT2D eigenvalue weighted by Gasteiger charge is -2.07. The van der Waals surface area contributed by atoms with Crippen molar-refractivity contribution in [3.05, 3.63) is 75.1 Å². The molecule has 156 valence electrons. The molecule has 30 heavy (non-hydrogen) atoms. The van der Waals surface area contributed by atoms with Crippen molar-refractivity contribution in [2.45, 2.75) is 28.3 Å². The second kappa shape index (κ2) is 9.59. The minimum absolute atomic E-state index is 0.00732. The summed E-state index contributed by atoms with van der Waals surface area (Å²) in [6, 6.07) is 13.5. The van der Waals surface area contributed by atoms with Crippen LogP contribution in [0.4, 0.5) is 5.69 Å². The zero-order valence-corrected chi connectivity index (χ0v) is 19.1. The molecule has 3 aromatic rings. The summed E-state index contributed by atoms with van der Waals surface area (Å²) in [6.07, 6.45) is 1.88. The molecule has 0 atom stereocenters. The van der Waals surface area contributed by atoms with Gasteiger partial charge in [-0.15, -0.1) is 0 Å². The number of rotatable bonds is 7. The van der Waals surface area contributed by atoms with Crippen molar-refractivity contribution in [2.75, 3.05) is 11.1 Å². The van der Waals surface area contributed by atoms with Gasteiger partial charge in [-0.25, -0.2) is 13.4 Å². The molecule has 0 aliphatic carbocycles. The molecule has 7 nitrogen and oxygen atoms in total. The Hall–Kier alpha value is -2.43. The molecule has 0 spiro atoms. The monoisotopic (exact) mass is 507 g/mol. The number of aromatic nitrogens is 2. The van der Waals surface area contributed by atoms with Crippen molar-refractivity contribution in [2.24, 2.45) is 0 Å². The number of aryl methyl sites for hydroxylation is 1. The van der Waals surface area contributed by atoms with Gasteiger partial charge in [-0.05, 0) is 48.4 Å². The quantitative estimate of drug-likeness (QED) is 0.373. The zero-order chi connectivity index (χ0) is 21.7. The smallest absolute Gasteiger partial charge is 0.270 e. The zero-order valence-electron chi connectivity index (χ0n) is 15.9. The minimum Gasteiger partial charge on any atom is -0.325 e. The van der Waals surface area contributed by atoms with E-state index in [0.29, 0.717) is 5.69 Å². The Kier molecular flexibility index (Phi) is 7.11. The first kappa shape index (κ1) is 22.3. The number of halogens is 1. The van der Waals surface area contributed by atoms with Gasteiger partial charge in [0.1, 0.15) is 0 Å². The largest absolute Gasteiger partial charge is 0.325 e. The third-order valence-corrected chi connectivity index (χ3v) is 7.29. The molecule has 0 saturated heterocycles. The molecule has 3 rings (SSSR count). The molecule has 0 aliphatic heterocycles. The fraction of sp³-hybridized carbons (Fsp3) is 0.150.